The number of aromatic nitrogens is 2. The van der Waals surface area contributed by atoms with E-state index in [2.05, 4.69) is 4.98 Å². The van der Waals surface area contributed by atoms with E-state index in [1.54, 1.807) is 17.7 Å². The number of rotatable bonds is 8. The number of sulfonamides is 1. The molecule has 8 nitrogen and oxygen atoms in total. The summed E-state index contributed by atoms with van der Waals surface area (Å²) in [5.74, 6) is 1.49. The zero-order valence-electron chi connectivity index (χ0n) is 19.7. The molecule has 1 fully saturated rings. The highest BCUT2D eigenvalue weighted by Crippen LogP contribution is 2.33. The minimum absolute atomic E-state index is 0.121. The number of fused-ring (bicyclic) bond motifs is 1. The van der Waals surface area contributed by atoms with E-state index in [4.69, 9.17) is 9.15 Å². The highest BCUT2D eigenvalue weighted by Gasteiger charge is 2.28. The van der Waals surface area contributed by atoms with Gasteiger partial charge in [-0.3, -0.25) is 9.20 Å². The van der Waals surface area contributed by atoms with Crippen molar-refractivity contribution in [1.29, 1.82) is 0 Å². The summed E-state index contributed by atoms with van der Waals surface area (Å²) in [4.78, 5) is 19.5. The lowest BCUT2D eigenvalue weighted by Crippen LogP contribution is -2.30. The van der Waals surface area contributed by atoms with Gasteiger partial charge in [0.2, 0.25) is 15.9 Å². The number of methoxy groups -OCH3 is 1. The van der Waals surface area contributed by atoms with Crippen LogP contribution in [0.15, 0.2) is 52.0 Å². The number of benzene rings is 1. The van der Waals surface area contributed by atoms with E-state index < -0.39 is 10.0 Å². The molecule has 0 spiro atoms. The van der Waals surface area contributed by atoms with Crippen molar-refractivity contribution in [2.24, 2.45) is 0 Å². The summed E-state index contributed by atoms with van der Waals surface area (Å²) in [7, 11) is -1.56. The molecule has 1 aromatic carbocycles. The van der Waals surface area contributed by atoms with Crippen LogP contribution in [0.25, 0.3) is 15.6 Å². The van der Waals surface area contributed by atoms with Crippen molar-refractivity contribution >= 4 is 26.2 Å². The van der Waals surface area contributed by atoms with E-state index in [0.29, 0.717) is 43.8 Å². The normalized spacial score (nSPS) is 15.7. The number of thiazole rings is 1. The maximum Gasteiger partial charge on any atom is 0.259 e. The third-order valence-corrected chi connectivity index (χ3v) is 9.75. The van der Waals surface area contributed by atoms with Crippen LogP contribution in [-0.2, 0) is 29.3 Å². The molecule has 184 valence electrons. The summed E-state index contributed by atoms with van der Waals surface area (Å²) in [6.07, 6.45) is 5.55. The standard InChI is InChI=1S/C25H27N3O5S2/c1-17-22(23-26-11-14-33-23)34-25-20(9-8-18-6-3-4-7-21(18)32-2)16-19(24(29)28(17)25)10-13-27-12-5-15-35(27,30)31/h3-4,6-7,11,14,16H,5,8-10,12-13,15H2,1-2H3. The second-order valence-corrected chi connectivity index (χ2v) is 11.7. The van der Waals surface area contributed by atoms with Gasteiger partial charge in [-0.1, -0.05) is 18.2 Å². The summed E-state index contributed by atoms with van der Waals surface area (Å²) < 4.78 is 38.8. The highest BCUT2D eigenvalue weighted by molar-refractivity contribution is 7.89. The Balaban J connectivity index is 1.56. The van der Waals surface area contributed by atoms with Gasteiger partial charge in [0.15, 0.2) is 0 Å². The zero-order valence-corrected chi connectivity index (χ0v) is 21.3. The van der Waals surface area contributed by atoms with Crippen molar-refractivity contribution in [3.05, 3.63) is 75.5 Å². The maximum atomic E-state index is 13.6. The Morgan fingerprint density at radius 1 is 1.14 bits per heavy atom. The van der Waals surface area contributed by atoms with Gasteiger partial charge < -0.3 is 9.15 Å². The summed E-state index contributed by atoms with van der Waals surface area (Å²) in [5, 5.41) is 0. The molecule has 10 heteroatoms. The third-order valence-electron chi connectivity index (χ3n) is 6.48. The lowest BCUT2D eigenvalue weighted by atomic mass is 10.0. The molecule has 0 bridgehead atoms. The van der Waals surface area contributed by atoms with Crippen LogP contribution in [0.2, 0.25) is 0 Å². The summed E-state index contributed by atoms with van der Waals surface area (Å²) in [6, 6.07) is 9.87. The quantitative estimate of drug-likeness (QED) is 0.357. The fraction of sp³-hybridized carbons (Fsp3) is 0.360. The molecular weight excluding hydrogens is 486 g/mol. The minimum Gasteiger partial charge on any atom is -0.496 e. The number of nitrogens with zero attached hydrogens (tertiary/aromatic N) is 3. The van der Waals surface area contributed by atoms with Gasteiger partial charge in [-0.25, -0.2) is 17.7 Å². The van der Waals surface area contributed by atoms with E-state index in [0.717, 1.165) is 38.7 Å². The van der Waals surface area contributed by atoms with Gasteiger partial charge in [0.25, 0.3) is 5.56 Å². The molecular formula is C25H27N3O5S2. The topological polar surface area (TPSA) is 94.1 Å². The van der Waals surface area contributed by atoms with Gasteiger partial charge in [-0.2, -0.15) is 0 Å². The molecule has 1 aliphatic heterocycles. The second-order valence-electron chi connectivity index (χ2n) is 8.62. The molecule has 0 atom stereocenters. The van der Waals surface area contributed by atoms with Crippen LogP contribution < -0.4 is 10.3 Å². The molecule has 0 radical (unpaired) electrons. The third kappa shape index (κ3) is 4.53. The molecule has 3 aromatic heterocycles. The smallest absolute Gasteiger partial charge is 0.259 e. The van der Waals surface area contributed by atoms with Crippen LogP contribution in [-0.4, -0.2) is 48.1 Å². The number of pyridine rings is 1. The first-order valence-corrected chi connectivity index (χ1v) is 14.0. The molecule has 0 unspecified atom stereocenters. The van der Waals surface area contributed by atoms with Crippen LogP contribution in [0.4, 0.5) is 0 Å². The Labute approximate surface area is 207 Å². The monoisotopic (exact) mass is 513 g/mol. The fourth-order valence-electron chi connectivity index (χ4n) is 4.66. The van der Waals surface area contributed by atoms with Crippen molar-refractivity contribution < 1.29 is 17.6 Å². The molecule has 1 saturated heterocycles. The Kier molecular flexibility index (Phi) is 6.52. The summed E-state index contributed by atoms with van der Waals surface area (Å²) >= 11 is 1.49. The molecule has 35 heavy (non-hydrogen) atoms. The zero-order chi connectivity index (χ0) is 24.6. The van der Waals surface area contributed by atoms with Crippen molar-refractivity contribution in [2.45, 2.75) is 32.6 Å². The first-order valence-electron chi connectivity index (χ1n) is 11.6. The van der Waals surface area contributed by atoms with Crippen LogP contribution >= 0.6 is 11.3 Å². The van der Waals surface area contributed by atoms with E-state index in [-0.39, 0.29) is 11.3 Å². The van der Waals surface area contributed by atoms with Gasteiger partial charge in [0.1, 0.15) is 21.7 Å². The van der Waals surface area contributed by atoms with Gasteiger partial charge >= 0.3 is 0 Å². The average molecular weight is 514 g/mol. The van der Waals surface area contributed by atoms with Crippen molar-refractivity contribution in [3.63, 3.8) is 0 Å². The highest BCUT2D eigenvalue weighted by atomic mass is 32.2. The predicted octanol–water partition coefficient (Wildman–Crippen LogP) is 3.70. The Hall–Kier alpha value is -2.95. The number of para-hydroxylation sites is 1. The van der Waals surface area contributed by atoms with Gasteiger partial charge in [0, 0.05) is 24.3 Å². The van der Waals surface area contributed by atoms with E-state index in [9.17, 15) is 13.2 Å². The molecule has 0 aliphatic carbocycles. The van der Waals surface area contributed by atoms with Gasteiger partial charge in [-0.15, -0.1) is 11.3 Å². The lowest BCUT2D eigenvalue weighted by molar-refractivity contribution is 0.409. The molecule has 4 heterocycles. The number of aryl methyl sites for hydroxylation is 3. The maximum absolute atomic E-state index is 13.6. The largest absolute Gasteiger partial charge is 0.496 e. The van der Waals surface area contributed by atoms with Gasteiger partial charge in [0.05, 0.1) is 19.1 Å². The second kappa shape index (κ2) is 9.60. The minimum atomic E-state index is -3.22. The molecule has 0 N–H and O–H groups in total. The summed E-state index contributed by atoms with van der Waals surface area (Å²) in [6.45, 7) is 2.72. The predicted molar refractivity (Wildman–Crippen MR) is 136 cm³/mol. The van der Waals surface area contributed by atoms with Crippen molar-refractivity contribution in [2.75, 3.05) is 26.0 Å². The van der Waals surface area contributed by atoms with Crippen LogP contribution in [0.1, 0.15) is 28.8 Å². The number of oxazole rings is 1. The molecule has 0 amide bonds. The first-order chi connectivity index (χ1) is 16.9. The fourth-order valence-corrected chi connectivity index (χ4v) is 7.41. The van der Waals surface area contributed by atoms with Crippen LogP contribution in [0, 0.1) is 6.92 Å². The van der Waals surface area contributed by atoms with Crippen molar-refractivity contribution in [1.82, 2.24) is 13.7 Å². The van der Waals surface area contributed by atoms with Crippen molar-refractivity contribution in [3.8, 4) is 16.5 Å². The molecule has 0 saturated carbocycles. The van der Waals surface area contributed by atoms with E-state index >= 15 is 0 Å². The number of hydrogen-bond donors (Lipinski definition) is 0. The Morgan fingerprint density at radius 3 is 2.66 bits per heavy atom. The molecule has 4 aromatic rings. The SMILES string of the molecule is COc1ccccc1CCc1cc(CCN2CCCS2(=O)=O)c(=O)n2c(C)c(-c3ncco3)sc12. The van der Waals surface area contributed by atoms with E-state index in [1.807, 2.05) is 37.3 Å². The molecule has 1 aliphatic rings. The average Bonchev–Trinajstić information content (AvgIpc) is 3.57. The Bertz CT molecular complexity index is 1520. The van der Waals surface area contributed by atoms with Gasteiger partial charge in [-0.05, 0) is 55.9 Å². The number of hydrogen-bond acceptors (Lipinski definition) is 7. The first kappa shape index (κ1) is 23.8. The van der Waals surface area contributed by atoms with Crippen LogP contribution in [0.5, 0.6) is 5.75 Å². The lowest BCUT2D eigenvalue weighted by Gasteiger charge is -2.15. The van der Waals surface area contributed by atoms with E-state index in [1.165, 1.54) is 21.9 Å². The number of ether oxygens (including phenoxy) is 1. The summed E-state index contributed by atoms with van der Waals surface area (Å²) in [5.41, 5.74) is 3.38. The van der Waals surface area contributed by atoms with Crippen LogP contribution in [0.3, 0.4) is 0 Å². The molecule has 5 rings (SSSR count). The Morgan fingerprint density at radius 2 is 1.94 bits per heavy atom.